The minimum atomic E-state index is 0.708. The summed E-state index contributed by atoms with van der Waals surface area (Å²) in [5.74, 6) is 1.50. The Morgan fingerprint density at radius 3 is 2.94 bits per heavy atom. The zero-order chi connectivity index (χ0) is 11.7. The molecule has 1 aromatic carbocycles. The van der Waals surface area contributed by atoms with Crippen LogP contribution in [0.15, 0.2) is 36.5 Å². The Morgan fingerprint density at radius 2 is 2.18 bits per heavy atom. The van der Waals surface area contributed by atoms with Crippen molar-refractivity contribution < 1.29 is 0 Å². The van der Waals surface area contributed by atoms with Crippen molar-refractivity contribution in [2.24, 2.45) is 5.92 Å². The second-order valence-electron chi connectivity index (χ2n) is 4.96. The van der Waals surface area contributed by atoms with Gasteiger partial charge in [-0.3, -0.25) is 4.98 Å². The lowest BCUT2D eigenvalue weighted by Crippen LogP contribution is -2.32. The quantitative estimate of drug-likeness (QED) is 0.870. The summed E-state index contributed by atoms with van der Waals surface area (Å²) in [7, 11) is 2.04. The Labute approximate surface area is 102 Å². The van der Waals surface area contributed by atoms with Gasteiger partial charge in [0, 0.05) is 11.6 Å². The smallest absolute Gasteiger partial charge is 0.0702 e. The lowest BCUT2D eigenvalue weighted by molar-refractivity contribution is 0.250. The lowest BCUT2D eigenvalue weighted by Gasteiger charge is -2.36. The SMILES string of the molecule is CNCC1CCC1c1cnc2ccccc2c1. The van der Waals surface area contributed by atoms with E-state index < -0.39 is 0 Å². The number of para-hydroxylation sites is 1. The number of pyridine rings is 1. The molecule has 1 N–H and O–H groups in total. The largest absolute Gasteiger partial charge is 0.319 e. The highest BCUT2D eigenvalue weighted by molar-refractivity contribution is 5.78. The molecule has 88 valence electrons. The van der Waals surface area contributed by atoms with Crippen LogP contribution in [0.1, 0.15) is 24.3 Å². The van der Waals surface area contributed by atoms with Crippen molar-refractivity contribution >= 4 is 10.9 Å². The van der Waals surface area contributed by atoms with Gasteiger partial charge in [-0.2, -0.15) is 0 Å². The van der Waals surface area contributed by atoms with E-state index in [-0.39, 0.29) is 0 Å². The number of aromatic nitrogens is 1. The summed E-state index contributed by atoms with van der Waals surface area (Å²) in [6.45, 7) is 1.12. The van der Waals surface area contributed by atoms with Crippen molar-refractivity contribution in [3.63, 3.8) is 0 Å². The number of hydrogen-bond donors (Lipinski definition) is 1. The van der Waals surface area contributed by atoms with Crippen LogP contribution in [0.3, 0.4) is 0 Å². The van der Waals surface area contributed by atoms with Gasteiger partial charge in [-0.1, -0.05) is 18.2 Å². The molecule has 0 radical (unpaired) electrons. The van der Waals surface area contributed by atoms with E-state index in [0.29, 0.717) is 5.92 Å². The molecule has 0 amide bonds. The fraction of sp³-hybridized carbons (Fsp3) is 0.400. The monoisotopic (exact) mass is 226 g/mol. The number of hydrogen-bond acceptors (Lipinski definition) is 2. The molecule has 2 unspecified atom stereocenters. The van der Waals surface area contributed by atoms with Crippen LogP contribution in [-0.2, 0) is 0 Å². The molecule has 2 aromatic rings. The first kappa shape index (κ1) is 10.7. The number of nitrogens with one attached hydrogen (secondary N) is 1. The Kier molecular flexibility index (Phi) is 2.81. The maximum Gasteiger partial charge on any atom is 0.0702 e. The predicted molar refractivity (Wildman–Crippen MR) is 71.1 cm³/mol. The third-order valence-corrected chi connectivity index (χ3v) is 3.92. The van der Waals surface area contributed by atoms with E-state index in [0.717, 1.165) is 18.0 Å². The molecule has 2 atom stereocenters. The van der Waals surface area contributed by atoms with Gasteiger partial charge in [-0.05, 0) is 56.0 Å². The molecular weight excluding hydrogens is 208 g/mol. The zero-order valence-corrected chi connectivity index (χ0v) is 10.2. The minimum absolute atomic E-state index is 0.708. The normalized spacial score (nSPS) is 23.6. The molecule has 3 rings (SSSR count). The van der Waals surface area contributed by atoms with E-state index in [4.69, 9.17) is 0 Å². The summed E-state index contributed by atoms with van der Waals surface area (Å²) < 4.78 is 0. The summed E-state index contributed by atoms with van der Waals surface area (Å²) >= 11 is 0. The topological polar surface area (TPSA) is 24.9 Å². The Balaban J connectivity index is 1.90. The molecule has 2 nitrogen and oxygen atoms in total. The van der Waals surface area contributed by atoms with Gasteiger partial charge in [0.2, 0.25) is 0 Å². The molecule has 1 fully saturated rings. The zero-order valence-electron chi connectivity index (χ0n) is 10.2. The summed E-state index contributed by atoms with van der Waals surface area (Å²) in [6.07, 6.45) is 4.72. The standard InChI is InChI=1S/C15H18N2/c1-16-9-12-6-7-14(12)13-8-11-4-2-3-5-15(11)17-10-13/h2-5,8,10,12,14,16H,6-7,9H2,1H3. The van der Waals surface area contributed by atoms with E-state index in [1.54, 1.807) is 0 Å². The summed E-state index contributed by atoms with van der Waals surface area (Å²) in [4.78, 5) is 4.56. The third-order valence-electron chi connectivity index (χ3n) is 3.92. The van der Waals surface area contributed by atoms with Crippen LogP contribution in [-0.4, -0.2) is 18.6 Å². The Bertz CT molecular complexity index is 521. The molecule has 0 aliphatic heterocycles. The first-order valence-electron chi connectivity index (χ1n) is 6.38. The van der Waals surface area contributed by atoms with Gasteiger partial charge in [-0.15, -0.1) is 0 Å². The maximum absolute atomic E-state index is 4.56. The Hall–Kier alpha value is -1.41. The average molecular weight is 226 g/mol. The van der Waals surface area contributed by atoms with Gasteiger partial charge in [0.05, 0.1) is 5.52 Å². The van der Waals surface area contributed by atoms with Crippen LogP contribution in [0.2, 0.25) is 0 Å². The molecule has 2 heteroatoms. The molecule has 1 saturated carbocycles. The molecule has 1 aliphatic rings. The summed E-state index contributed by atoms with van der Waals surface area (Å²) in [6, 6.07) is 10.7. The highest BCUT2D eigenvalue weighted by atomic mass is 14.8. The summed E-state index contributed by atoms with van der Waals surface area (Å²) in [5, 5.41) is 4.55. The van der Waals surface area contributed by atoms with E-state index in [9.17, 15) is 0 Å². The number of benzene rings is 1. The van der Waals surface area contributed by atoms with Crippen molar-refractivity contribution in [1.82, 2.24) is 10.3 Å². The molecule has 0 spiro atoms. The van der Waals surface area contributed by atoms with E-state index >= 15 is 0 Å². The number of rotatable bonds is 3. The van der Waals surface area contributed by atoms with Crippen LogP contribution < -0.4 is 5.32 Å². The summed E-state index contributed by atoms with van der Waals surface area (Å²) in [5.41, 5.74) is 2.51. The minimum Gasteiger partial charge on any atom is -0.319 e. The van der Waals surface area contributed by atoms with Crippen LogP contribution in [0, 0.1) is 5.92 Å². The molecule has 0 saturated heterocycles. The van der Waals surface area contributed by atoms with Gasteiger partial charge in [0.15, 0.2) is 0 Å². The van der Waals surface area contributed by atoms with Crippen molar-refractivity contribution in [3.05, 3.63) is 42.1 Å². The molecule has 0 bridgehead atoms. The molecular formula is C15H18N2. The van der Waals surface area contributed by atoms with Gasteiger partial charge in [-0.25, -0.2) is 0 Å². The van der Waals surface area contributed by atoms with Crippen molar-refractivity contribution in [3.8, 4) is 0 Å². The van der Waals surface area contributed by atoms with Gasteiger partial charge in [0.25, 0.3) is 0 Å². The average Bonchev–Trinajstić information content (AvgIpc) is 2.34. The second-order valence-corrected chi connectivity index (χ2v) is 4.96. The highest BCUT2D eigenvalue weighted by Crippen LogP contribution is 2.42. The maximum atomic E-state index is 4.56. The molecule has 1 aliphatic carbocycles. The van der Waals surface area contributed by atoms with E-state index in [1.165, 1.54) is 23.8 Å². The lowest BCUT2D eigenvalue weighted by atomic mass is 9.70. The van der Waals surface area contributed by atoms with E-state index in [2.05, 4.69) is 40.8 Å². The molecule has 17 heavy (non-hydrogen) atoms. The Morgan fingerprint density at radius 1 is 1.29 bits per heavy atom. The highest BCUT2D eigenvalue weighted by Gasteiger charge is 2.31. The van der Waals surface area contributed by atoms with Crippen molar-refractivity contribution in [2.75, 3.05) is 13.6 Å². The molecule has 1 aromatic heterocycles. The van der Waals surface area contributed by atoms with E-state index in [1.807, 2.05) is 13.1 Å². The van der Waals surface area contributed by atoms with Crippen LogP contribution in [0.4, 0.5) is 0 Å². The van der Waals surface area contributed by atoms with Crippen LogP contribution >= 0.6 is 0 Å². The number of nitrogens with zero attached hydrogens (tertiary/aromatic N) is 1. The van der Waals surface area contributed by atoms with Crippen molar-refractivity contribution in [1.29, 1.82) is 0 Å². The van der Waals surface area contributed by atoms with Gasteiger partial charge >= 0.3 is 0 Å². The first-order valence-corrected chi connectivity index (χ1v) is 6.38. The third kappa shape index (κ3) is 1.93. The van der Waals surface area contributed by atoms with Crippen LogP contribution in [0.5, 0.6) is 0 Å². The number of fused-ring (bicyclic) bond motifs is 1. The second kappa shape index (κ2) is 4.46. The van der Waals surface area contributed by atoms with Gasteiger partial charge in [0.1, 0.15) is 0 Å². The predicted octanol–water partition coefficient (Wildman–Crippen LogP) is 2.95. The molecule has 1 heterocycles. The fourth-order valence-electron chi connectivity index (χ4n) is 2.81. The van der Waals surface area contributed by atoms with Crippen LogP contribution in [0.25, 0.3) is 10.9 Å². The van der Waals surface area contributed by atoms with Gasteiger partial charge < -0.3 is 5.32 Å². The fourth-order valence-corrected chi connectivity index (χ4v) is 2.81. The van der Waals surface area contributed by atoms with Crippen molar-refractivity contribution in [2.45, 2.75) is 18.8 Å². The first-order chi connectivity index (χ1) is 8.38.